The highest BCUT2D eigenvalue weighted by Crippen LogP contribution is 2.15. The van der Waals surface area contributed by atoms with Crippen molar-refractivity contribution in [3.05, 3.63) is 71.9 Å². The van der Waals surface area contributed by atoms with E-state index in [4.69, 9.17) is 0 Å². The molecular weight excluding hydrogens is 344 g/mol. The highest BCUT2D eigenvalue weighted by Gasteiger charge is 2.13. The van der Waals surface area contributed by atoms with Crippen LogP contribution in [0.1, 0.15) is 19.4 Å². The number of hydrogen-bond donors (Lipinski definition) is 4. The lowest BCUT2D eigenvalue weighted by atomic mass is 10.1. The number of anilines is 2. The number of aryl methyl sites for hydroxylation is 1. The smallest absolute Gasteiger partial charge is 0.322 e. The molecule has 0 aromatic heterocycles. The van der Waals surface area contributed by atoms with E-state index in [0.29, 0.717) is 11.4 Å². The Labute approximate surface area is 157 Å². The lowest BCUT2D eigenvalue weighted by Crippen LogP contribution is -2.43. The summed E-state index contributed by atoms with van der Waals surface area (Å²) in [5.41, 5.74) is 7.43. The highest BCUT2D eigenvalue weighted by molar-refractivity contribution is 6.39. The SMILES string of the molecule is CCc1ccccc1NC(=O)C=C(C)NNC(=O)C(=O)Nc1ccccc1. The Morgan fingerprint density at radius 2 is 1.52 bits per heavy atom. The van der Waals surface area contributed by atoms with Gasteiger partial charge in [-0.2, -0.15) is 0 Å². The zero-order valence-electron chi connectivity index (χ0n) is 15.2. The van der Waals surface area contributed by atoms with Gasteiger partial charge in [-0.3, -0.25) is 19.8 Å². The summed E-state index contributed by atoms with van der Waals surface area (Å²) in [6.07, 6.45) is 2.09. The molecule has 0 aliphatic carbocycles. The summed E-state index contributed by atoms with van der Waals surface area (Å²) in [5, 5.41) is 5.25. The fourth-order valence-electron chi connectivity index (χ4n) is 2.27. The van der Waals surface area contributed by atoms with Crippen molar-refractivity contribution in [3.8, 4) is 0 Å². The summed E-state index contributed by atoms with van der Waals surface area (Å²) >= 11 is 0. The number of hydrazine groups is 1. The standard InChI is InChI=1S/C20H22N4O3/c1-3-15-9-7-8-12-17(15)22-18(25)13-14(2)23-24-20(27)19(26)21-16-10-5-4-6-11-16/h4-13,23H,3H2,1-2H3,(H,21,26)(H,22,25)(H,24,27). The van der Waals surface area contributed by atoms with Crippen molar-refractivity contribution >= 4 is 29.1 Å². The fourth-order valence-corrected chi connectivity index (χ4v) is 2.27. The van der Waals surface area contributed by atoms with Crippen LogP contribution in [0, 0.1) is 0 Å². The van der Waals surface area contributed by atoms with Crippen molar-refractivity contribution in [2.75, 3.05) is 10.6 Å². The maximum atomic E-state index is 12.1. The van der Waals surface area contributed by atoms with Gasteiger partial charge in [-0.15, -0.1) is 0 Å². The van der Waals surface area contributed by atoms with Crippen LogP contribution in [-0.4, -0.2) is 17.7 Å². The normalized spacial score (nSPS) is 10.7. The molecule has 3 amide bonds. The summed E-state index contributed by atoms with van der Waals surface area (Å²) in [6, 6.07) is 16.1. The lowest BCUT2D eigenvalue weighted by molar-refractivity contribution is -0.136. The van der Waals surface area contributed by atoms with Crippen molar-refractivity contribution in [1.29, 1.82) is 0 Å². The molecule has 140 valence electrons. The second-order valence-electron chi connectivity index (χ2n) is 5.73. The number of hydrogen-bond acceptors (Lipinski definition) is 4. The Hall–Kier alpha value is -3.61. The van der Waals surface area contributed by atoms with Gasteiger partial charge < -0.3 is 16.1 Å². The van der Waals surface area contributed by atoms with E-state index >= 15 is 0 Å². The summed E-state index contributed by atoms with van der Waals surface area (Å²) in [7, 11) is 0. The maximum Gasteiger partial charge on any atom is 0.327 e. The molecule has 0 saturated carbocycles. The van der Waals surface area contributed by atoms with Gasteiger partial charge in [0.1, 0.15) is 0 Å². The molecule has 0 bridgehead atoms. The molecule has 0 atom stereocenters. The minimum Gasteiger partial charge on any atom is -0.322 e. The number of nitrogens with one attached hydrogen (secondary N) is 4. The molecule has 2 aromatic rings. The van der Waals surface area contributed by atoms with Crippen molar-refractivity contribution in [3.63, 3.8) is 0 Å². The summed E-state index contributed by atoms with van der Waals surface area (Å²) in [4.78, 5) is 35.7. The van der Waals surface area contributed by atoms with E-state index < -0.39 is 11.8 Å². The second-order valence-corrected chi connectivity index (χ2v) is 5.73. The molecule has 4 N–H and O–H groups in total. The van der Waals surface area contributed by atoms with Crippen LogP contribution in [0.2, 0.25) is 0 Å². The number of benzene rings is 2. The van der Waals surface area contributed by atoms with Gasteiger partial charge in [-0.05, 0) is 37.1 Å². The topological polar surface area (TPSA) is 99.3 Å². The first-order valence-electron chi connectivity index (χ1n) is 8.49. The van der Waals surface area contributed by atoms with Crippen molar-refractivity contribution < 1.29 is 14.4 Å². The zero-order valence-corrected chi connectivity index (χ0v) is 15.2. The molecule has 0 aliphatic rings. The molecular formula is C20H22N4O3. The minimum atomic E-state index is -0.872. The molecule has 0 saturated heterocycles. The lowest BCUT2D eigenvalue weighted by Gasteiger charge is -2.10. The Kier molecular flexibility index (Phi) is 7.13. The van der Waals surface area contributed by atoms with Gasteiger partial charge >= 0.3 is 11.8 Å². The van der Waals surface area contributed by atoms with Crippen LogP contribution in [0.15, 0.2) is 66.4 Å². The van der Waals surface area contributed by atoms with Crippen LogP contribution in [0.5, 0.6) is 0 Å². The van der Waals surface area contributed by atoms with Gasteiger partial charge in [0, 0.05) is 23.1 Å². The molecule has 7 nitrogen and oxygen atoms in total. The van der Waals surface area contributed by atoms with Gasteiger partial charge in [-0.25, -0.2) is 0 Å². The average molecular weight is 366 g/mol. The number of amides is 3. The number of carbonyl (C=O) groups is 3. The van der Waals surface area contributed by atoms with Crippen molar-refractivity contribution in [2.24, 2.45) is 0 Å². The minimum absolute atomic E-state index is 0.344. The first-order chi connectivity index (χ1) is 13.0. The molecule has 27 heavy (non-hydrogen) atoms. The quantitative estimate of drug-likeness (QED) is 0.358. The van der Waals surface area contributed by atoms with Crippen molar-refractivity contribution in [1.82, 2.24) is 10.9 Å². The van der Waals surface area contributed by atoms with Gasteiger partial charge in [0.2, 0.25) is 5.91 Å². The van der Waals surface area contributed by atoms with Crippen LogP contribution >= 0.6 is 0 Å². The van der Waals surface area contributed by atoms with Crippen LogP contribution in [0.25, 0.3) is 0 Å². The monoisotopic (exact) mass is 366 g/mol. The first kappa shape index (κ1) is 19.7. The fraction of sp³-hybridized carbons (Fsp3) is 0.150. The van der Waals surface area contributed by atoms with E-state index in [-0.39, 0.29) is 5.91 Å². The maximum absolute atomic E-state index is 12.1. The number of carbonyl (C=O) groups excluding carboxylic acids is 3. The van der Waals surface area contributed by atoms with Crippen LogP contribution < -0.4 is 21.5 Å². The van der Waals surface area contributed by atoms with E-state index in [2.05, 4.69) is 21.5 Å². The van der Waals surface area contributed by atoms with E-state index in [1.54, 1.807) is 37.3 Å². The van der Waals surface area contributed by atoms with Gasteiger partial charge in [0.15, 0.2) is 0 Å². The first-order valence-corrected chi connectivity index (χ1v) is 8.49. The number of allylic oxidation sites excluding steroid dienone is 1. The average Bonchev–Trinajstić information content (AvgIpc) is 2.67. The molecule has 0 unspecified atom stereocenters. The molecule has 0 radical (unpaired) electrons. The highest BCUT2D eigenvalue weighted by atomic mass is 16.2. The zero-order chi connectivity index (χ0) is 19.6. The van der Waals surface area contributed by atoms with E-state index in [0.717, 1.165) is 17.7 Å². The van der Waals surface area contributed by atoms with Gasteiger partial charge in [0.05, 0.1) is 0 Å². The van der Waals surface area contributed by atoms with Crippen LogP contribution in [0.4, 0.5) is 11.4 Å². The Balaban J connectivity index is 1.84. The molecule has 2 aromatic carbocycles. The molecule has 0 heterocycles. The molecule has 7 heteroatoms. The molecule has 0 fully saturated rings. The van der Waals surface area contributed by atoms with Gasteiger partial charge in [0.25, 0.3) is 0 Å². The van der Waals surface area contributed by atoms with E-state index in [9.17, 15) is 14.4 Å². The summed E-state index contributed by atoms with van der Waals surface area (Å²) in [5.74, 6) is -2.03. The molecule has 0 aliphatic heterocycles. The van der Waals surface area contributed by atoms with E-state index in [1.165, 1.54) is 6.08 Å². The van der Waals surface area contributed by atoms with Crippen LogP contribution in [0.3, 0.4) is 0 Å². The van der Waals surface area contributed by atoms with Gasteiger partial charge in [-0.1, -0.05) is 43.3 Å². The predicted molar refractivity (Wildman–Crippen MR) is 105 cm³/mol. The van der Waals surface area contributed by atoms with Crippen molar-refractivity contribution in [2.45, 2.75) is 20.3 Å². The van der Waals surface area contributed by atoms with Crippen LogP contribution in [-0.2, 0) is 20.8 Å². The van der Waals surface area contributed by atoms with E-state index in [1.807, 2.05) is 31.2 Å². The summed E-state index contributed by atoms with van der Waals surface area (Å²) < 4.78 is 0. The predicted octanol–water partition coefficient (Wildman–Crippen LogP) is 2.35. The number of para-hydroxylation sites is 2. The number of rotatable bonds is 6. The Bertz CT molecular complexity index is 847. The largest absolute Gasteiger partial charge is 0.327 e. The third-order valence-electron chi connectivity index (χ3n) is 3.61. The third kappa shape index (κ3) is 6.32. The molecule has 2 rings (SSSR count). The third-order valence-corrected chi connectivity index (χ3v) is 3.61. The Morgan fingerprint density at radius 3 is 2.22 bits per heavy atom. The Morgan fingerprint density at radius 1 is 0.852 bits per heavy atom. The summed E-state index contributed by atoms with van der Waals surface area (Å²) in [6.45, 7) is 3.60. The second kappa shape index (κ2) is 9.76. The molecule has 0 spiro atoms.